The third kappa shape index (κ3) is 2.77. The molecule has 1 N–H and O–H groups in total. The number of amides is 1. The summed E-state index contributed by atoms with van der Waals surface area (Å²) in [6.07, 6.45) is 1.11. The minimum atomic E-state index is -0.370. The van der Waals surface area contributed by atoms with E-state index in [1.165, 1.54) is 5.56 Å². The predicted octanol–water partition coefficient (Wildman–Crippen LogP) is 4.01. The molecule has 146 valence electrons. The number of carbonyl (C=O) groups is 2. The van der Waals surface area contributed by atoms with Gasteiger partial charge in [-0.3, -0.25) is 4.79 Å². The zero-order valence-corrected chi connectivity index (χ0v) is 16.3. The molecular formula is C24H22N2O3. The second-order valence-corrected chi connectivity index (χ2v) is 7.48. The number of nitrogens with one attached hydrogen (secondary N) is 1. The first-order valence-electron chi connectivity index (χ1n) is 10.1. The molecule has 3 aromatic rings. The number of hydrogen-bond acceptors (Lipinski definition) is 3. The number of fused-ring (bicyclic) bond motifs is 5. The molecule has 5 rings (SSSR count). The number of aromatic amines is 1. The summed E-state index contributed by atoms with van der Waals surface area (Å²) in [5.41, 5.74) is 5.26. The fourth-order valence-electron chi connectivity index (χ4n) is 4.59. The van der Waals surface area contributed by atoms with Gasteiger partial charge in [0.2, 0.25) is 5.91 Å². The Labute approximate surface area is 169 Å². The fourth-order valence-corrected chi connectivity index (χ4v) is 4.59. The van der Waals surface area contributed by atoms with Crippen LogP contribution in [0.5, 0.6) is 0 Å². The van der Waals surface area contributed by atoms with E-state index in [0.29, 0.717) is 30.8 Å². The van der Waals surface area contributed by atoms with Crippen LogP contribution in [0.1, 0.15) is 36.1 Å². The van der Waals surface area contributed by atoms with Gasteiger partial charge in [0, 0.05) is 17.4 Å². The minimum absolute atomic E-state index is 0.0450. The normalized spacial score (nSPS) is 18.6. The number of carbonyl (C=O) groups excluding carboxylic acids is 2. The standard InChI is InChI=1S/C24H22N2O3/c1-2-29-24(28)19-14-18(15-8-4-3-5-9-15)23(27)26-13-12-17-16-10-6-7-11-20(16)25-21(17)22(19)26/h3-11,18,25H,2,12-14H2,1H3. The van der Waals surface area contributed by atoms with Gasteiger partial charge >= 0.3 is 5.97 Å². The van der Waals surface area contributed by atoms with Gasteiger partial charge in [-0.2, -0.15) is 0 Å². The van der Waals surface area contributed by atoms with Crippen molar-refractivity contribution < 1.29 is 14.3 Å². The maximum absolute atomic E-state index is 13.4. The Hall–Kier alpha value is -3.34. The first-order valence-corrected chi connectivity index (χ1v) is 10.1. The number of H-pyrrole nitrogens is 1. The second-order valence-electron chi connectivity index (χ2n) is 7.48. The van der Waals surface area contributed by atoms with E-state index in [4.69, 9.17) is 4.74 Å². The number of esters is 1. The molecule has 0 bridgehead atoms. The van der Waals surface area contributed by atoms with E-state index >= 15 is 0 Å². The second kappa shape index (κ2) is 6.92. The lowest BCUT2D eigenvalue weighted by atomic mass is 9.83. The van der Waals surface area contributed by atoms with Crippen molar-refractivity contribution in [2.75, 3.05) is 13.2 Å². The number of hydrogen-bond donors (Lipinski definition) is 1. The molecule has 2 aliphatic heterocycles. The number of nitrogens with zero attached hydrogens (tertiary/aromatic N) is 1. The summed E-state index contributed by atoms with van der Waals surface area (Å²) in [5, 5.41) is 1.15. The number of benzene rings is 2. The van der Waals surface area contributed by atoms with Crippen LogP contribution in [-0.2, 0) is 20.7 Å². The summed E-state index contributed by atoms with van der Waals surface area (Å²) < 4.78 is 5.39. The molecule has 1 amide bonds. The Bertz CT molecular complexity index is 1140. The molecule has 29 heavy (non-hydrogen) atoms. The Morgan fingerprint density at radius 3 is 2.69 bits per heavy atom. The topological polar surface area (TPSA) is 62.4 Å². The largest absolute Gasteiger partial charge is 0.463 e. The molecule has 5 heteroatoms. The first kappa shape index (κ1) is 17.7. The van der Waals surface area contributed by atoms with Gasteiger partial charge in [0.25, 0.3) is 0 Å². The minimum Gasteiger partial charge on any atom is -0.463 e. The highest BCUT2D eigenvalue weighted by Crippen LogP contribution is 2.43. The molecular weight excluding hydrogens is 364 g/mol. The molecule has 5 nitrogen and oxygen atoms in total. The van der Waals surface area contributed by atoms with Gasteiger partial charge in [0.05, 0.1) is 29.5 Å². The maximum atomic E-state index is 13.4. The van der Waals surface area contributed by atoms with Gasteiger partial charge in [0.1, 0.15) is 0 Å². The van der Waals surface area contributed by atoms with Crippen LogP contribution in [0.3, 0.4) is 0 Å². The molecule has 0 aliphatic carbocycles. The van der Waals surface area contributed by atoms with Crippen molar-refractivity contribution in [1.29, 1.82) is 0 Å². The van der Waals surface area contributed by atoms with Crippen LogP contribution in [0.25, 0.3) is 16.6 Å². The monoisotopic (exact) mass is 386 g/mol. The summed E-state index contributed by atoms with van der Waals surface area (Å²) in [6, 6.07) is 17.8. The smallest absolute Gasteiger partial charge is 0.336 e. The van der Waals surface area contributed by atoms with Crippen molar-refractivity contribution in [2.45, 2.75) is 25.7 Å². The van der Waals surface area contributed by atoms with Gasteiger partial charge in [-0.1, -0.05) is 48.5 Å². The van der Waals surface area contributed by atoms with Crippen LogP contribution < -0.4 is 0 Å². The molecule has 0 saturated heterocycles. The average Bonchev–Trinajstić information content (AvgIpc) is 3.14. The summed E-state index contributed by atoms with van der Waals surface area (Å²) in [4.78, 5) is 31.6. The molecule has 0 radical (unpaired) electrons. The molecule has 0 saturated carbocycles. The molecule has 0 spiro atoms. The highest BCUT2D eigenvalue weighted by molar-refractivity contribution is 6.07. The molecule has 2 aromatic carbocycles. The molecule has 1 unspecified atom stereocenters. The summed E-state index contributed by atoms with van der Waals surface area (Å²) >= 11 is 0. The quantitative estimate of drug-likeness (QED) is 0.692. The van der Waals surface area contributed by atoms with Gasteiger partial charge in [0.15, 0.2) is 0 Å². The lowest BCUT2D eigenvalue weighted by molar-refractivity contribution is -0.139. The zero-order valence-electron chi connectivity index (χ0n) is 16.3. The SMILES string of the molecule is CCOC(=O)C1=C2c3[nH]c4ccccc4c3CCN2C(=O)C(c2ccccc2)C1. The van der Waals surface area contributed by atoms with Crippen LogP contribution in [0.4, 0.5) is 0 Å². The fraction of sp³-hybridized carbons (Fsp3) is 0.250. The molecule has 2 aliphatic rings. The lowest BCUT2D eigenvalue weighted by Crippen LogP contribution is -2.43. The van der Waals surface area contributed by atoms with Crippen molar-refractivity contribution >= 4 is 28.5 Å². The van der Waals surface area contributed by atoms with Crippen LogP contribution >= 0.6 is 0 Å². The van der Waals surface area contributed by atoms with E-state index in [2.05, 4.69) is 11.1 Å². The maximum Gasteiger partial charge on any atom is 0.336 e. The van der Waals surface area contributed by atoms with Crippen molar-refractivity contribution in [3.8, 4) is 0 Å². The van der Waals surface area contributed by atoms with Crippen LogP contribution in [0.15, 0.2) is 60.2 Å². The van der Waals surface area contributed by atoms with Gasteiger partial charge < -0.3 is 14.6 Å². The first-order chi connectivity index (χ1) is 14.2. The van der Waals surface area contributed by atoms with Gasteiger partial charge in [-0.15, -0.1) is 0 Å². The van der Waals surface area contributed by atoms with E-state index in [9.17, 15) is 9.59 Å². The predicted molar refractivity (Wildman–Crippen MR) is 111 cm³/mol. The van der Waals surface area contributed by atoms with E-state index in [1.54, 1.807) is 11.8 Å². The number of aromatic nitrogens is 1. The highest BCUT2D eigenvalue weighted by atomic mass is 16.5. The Balaban J connectivity index is 1.71. The van der Waals surface area contributed by atoms with Crippen LogP contribution in [0.2, 0.25) is 0 Å². The van der Waals surface area contributed by atoms with Gasteiger partial charge in [-0.25, -0.2) is 4.79 Å². The molecule has 0 fully saturated rings. The summed E-state index contributed by atoms with van der Waals surface area (Å²) in [7, 11) is 0. The number of rotatable bonds is 3. The summed E-state index contributed by atoms with van der Waals surface area (Å²) in [6.45, 7) is 2.67. The lowest BCUT2D eigenvalue weighted by Gasteiger charge is -2.38. The Morgan fingerprint density at radius 1 is 1.14 bits per heavy atom. The third-order valence-corrected chi connectivity index (χ3v) is 5.89. The van der Waals surface area contributed by atoms with E-state index in [-0.39, 0.29) is 17.8 Å². The van der Waals surface area contributed by atoms with Gasteiger partial charge in [-0.05, 0) is 37.0 Å². The average molecular weight is 386 g/mol. The van der Waals surface area contributed by atoms with Crippen molar-refractivity contribution in [3.05, 3.63) is 77.0 Å². The zero-order chi connectivity index (χ0) is 20.0. The third-order valence-electron chi connectivity index (χ3n) is 5.89. The van der Waals surface area contributed by atoms with Crippen LogP contribution in [-0.4, -0.2) is 34.9 Å². The van der Waals surface area contributed by atoms with E-state index in [0.717, 1.165) is 28.6 Å². The van der Waals surface area contributed by atoms with Crippen molar-refractivity contribution in [2.24, 2.45) is 0 Å². The molecule has 1 atom stereocenters. The molecule has 1 aromatic heterocycles. The van der Waals surface area contributed by atoms with E-state index < -0.39 is 0 Å². The van der Waals surface area contributed by atoms with Crippen molar-refractivity contribution in [1.82, 2.24) is 9.88 Å². The Morgan fingerprint density at radius 2 is 1.90 bits per heavy atom. The summed E-state index contributed by atoms with van der Waals surface area (Å²) in [5.74, 6) is -0.665. The highest BCUT2D eigenvalue weighted by Gasteiger charge is 2.42. The number of para-hydroxylation sites is 1. The van der Waals surface area contributed by atoms with Crippen molar-refractivity contribution in [3.63, 3.8) is 0 Å². The van der Waals surface area contributed by atoms with Crippen LogP contribution in [0, 0.1) is 0 Å². The Kier molecular flexibility index (Phi) is 4.23. The van der Waals surface area contributed by atoms with E-state index in [1.807, 2.05) is 48.5 Å². The number of ether oxygens (including phenoxy) is 1. The molecule has 3 heterocycles.